The van der Waals surface area contributed by atoms with E-state index < -0.39 is 11.7 Å². The molecule has 8 heteroatoms. The van der Waals surface area contributed by atoms with Crippen LogP contribution in [0, 0.1) is 0 Å². The summed E-state index contributed by atoms with van der Waals surface area (Å²) in [7, 11) is 0. The summed E-state index contributed by atoms with van der Waals surface area (Å²) >= 11 is 0. The first kappa shape index (κ1) is 21.2. The number of nitrogens with zero attached hydrogens (tertiary/aromatic N) is 2. The molecule has 0 bridgehead atoms. The van der Waals surface area contributed by atoms with Gasteiger partial charge in [-0.25, -0.2) is 4.98 Å². The molecule has 32 heavy (non-hydrogen) atoms. The van der Waals surface area contributed by atoms with Crippen LogP contribution in [0.25, 0.3) is 11.8 Å². The topological polar surface area (TPSA) is 57.3 Å². The van der Waals surface area contributed by atoms with E-state index in [2.05, 4.69) is 4.98 Å². The van der Waals surface area contributed by atoms with E-state index in [1.54, 1.807) is 36.8 Å². The van der Waals surface area contributed by atoms with Crippen molar-refractivity contribution in [3.05, 3.63) is 108 Å². The van der Waals surface area contributed by atoms with Crippen molar-refractivity contribution in [2.75, 3.05) is 0 Å². The summed E-state index contributed by atoms with van der Waals surface area (Å²) in [6.07, 6.45) is 3.63. The molecule has 2 aromatic carbocycles. The maximum Gasteiger partial charge on any atom is 0.416 e. The molecule has 0 unspecified atom stereocenters. The molecular weight excluding hydrogens is 421 g/mol. The number of ether oxygens (including phenoxy) is 1. The van der Waals surface area contributed by atoms with E-state index in [0.717, 1.165) is 17.8 Å². The van der Waals surface area contributed by atoms with Gasteiger partial charge < -0.3 is 13.7 Å². The Hall–Kier alpha value is -4.07. The smallest absolute Gasteiger partial charge is 0.416 e. The number of carbonyl (C=O) groups is 1. The van der Waals surface area contributed by atoms with Gasteiger partial charge in [-0.1, -0.05) is 6.07 Å². The summed E-state index contributed by atoms with van der Waals surface area (Å²) < 4.78 is 51.1. The van der Waals surface area contributed by atoms with E-state index in [4.69, 9.17) is 9.15 Å². The number of furan rings is 1. The van der Waals surface area contributed by atoms with E-state index in [0.29, 0.717) is 17.1 Å². The zero-order valence-electron chi connectivity index (χ0n) is 16.6. The van der Waals surface area contributed by atoms with Crippen molar-refractivity contribution in [3.8, 4) is 11.4 Å². The molecule has 162 valence electrons. The number of ketones is 1. The van der Waals surface area contributed by atoms with Crippen LogP contribution in [0.15, 0.2) is 89.9 Å². The standard InChI is InChI=1S/C24H17F3N2O3/c25-24(26,27)18-2-1-3-21(14-18)31-15-22-9-8-20(32-22)10-11-23(30)17-4-6-19(7-5-17)29-13-12-28-16-29/h1-14,16H,15H2/b11-10+. The van der Waals surface area contributed by atoms with Crippen LogP contribution in [0.4, 0.5) is 13.2 Å². The largest absolute Gasteiger partial charge is 0.486 e. The third-order valence-electron chi connectivity index (χ3n) is 4.58. The number of allylic oxidation sites excluding steroid dienone is 1. The van der Waals surface area contributed by atoms with Gasteiger partial charge in [0.2, 0.25) is 0 Å². The Labute approximate surface area is 181 Å². The van der Waals surface area contributed by atoms with Crippen LogP contribution < -0.4 is 4.74 Å². The van der Waals surface area contributed by atoms with Gasteiger partial charge in [-0.15, -0.1) is 0 Å². The summed E-state index contributed by atoms with van der Waals surface area (Å²) in [6.45, 7) is -0.0428. The van der Waals surface area contributed by atoms with E-state index in [1.807, 2.05) is 22.9 Å². The van der Waals surface area contributed by atoms with Crippen LogP contribution in [0.2, 0.25) is 0 Å². The first-order valence-corrected chi connectivity index (χ1v) is 9.58. The number of hydrogen-bond acceptors (Lipinski definition) is 4. The zero-order chi connectivity index (χ0) is 22.6. The minimum Gasteiger partial charge on any atom is -0.486 e. The van der Waals surface area contributed by atoms with Crippen LogP contribution in [-0.2, 0) is 12.8 Å². The zero-order valence-corrected chi connectivity index (χ0v) is 16.6. The van der Waals surface area contributed by atoms with Crippen LogP contribution in [0.3, 0.4) is 0 Å². The number of benzene rings is 2. The van der Waals surface area contributed by atoms with Crippen molar-refractivity contribution in [2.24, 2.45) is 0 Å². The van der Waals surface area contributed by atoms with Gasteiger partial charge in [-0.3, -0.25) is 4.79 Å². The molecule has 0 aliphatic carbocycles. The molecule has 0 N–H and O–H groups in total. The van der Waals surface area contributed by atoms with Crippen LogP contribution in [0.1, 0.15) is 27.4 Å². The third kappa shape index (κ3) is 5.15. The van der Waals surface area contributed by atoms with Gasteiger partial charge in [-0.2, -0.15) is 13.2 Å². The minimum atomic E-state index is -4.44. The molecule has 0 atom stereocenters. The number of rotatable bonds is 7. The minimum absolute atomic E-state index is 0.0428. The van der Waals surface area contributed by atoms with Gasteiger partial charge in [0.15, 0.2) is 5.78 Å². The number of carbonyl (C=O) groups excluding carboxylic acids is 1. The summed E-state index contributed by atoms with van der Waals surface area (Å²) in [5, 5.41) is 0. The Morgan fingerprint density at radius 1 is 1.09 bits per heavy atom. The molecule has 4 aromatic rings. The average Bonchev–Trinajstić information content (AvgIpc) is 3.48. The second-order valence-electron chi connectivity index (χ2n) is 6.83. The Bertz CT molecular complexity index is 1220. The third-order valence-corrected chi connectivity index (χ3v) is 4.58. The lowest BCUT2D eigenvalue weighted by Gasteiger charge is -2.09. The second-order valence-corrected chi connectivity index (χ2v) is 6.83. The van der Waals surface area contributed by atoms with Gasteiger partial charge in [0.1, 0.15) is 23.9 Å². The fourth-order valence-electron chi connectivity index (χ4n) is 2.94. The normalized spacial score (nSPS) is 11.7. The highest BCUT2D eigenvalue weighted by molar-refractivity contribution is 6.06. The Morgan fingerprint density at radius 3 is 2.62 bits per heavy atom. The summed E-state index contributed by atoms with van der Waals surface area (Å²) in [5.74, 6) is 0.734. The molecule has 0 amide bonds. The SMILES string of the molecule is O=C(/C=C/c1ccc(COc2cccc(C(F)(F)F)c2)o1)c1ccc(-n2ccnc2)cc1. The second kappa shape index (κ2) is 8.97. The molecule has 0 saturated carbocycles. The highest BCUT2D eigenvalue weighted by Crippen LogP contribution is 2.31. The number of imidazole rings is 1. The Morgan fingerprint density at radius 2 is 1.91 bits per heavy atom. The Balaban J connectivity index is 1.35. The van der Waals surface area contributed by atoms with Gasteiger partial charge in [-0.05, 0) is 66.7 Å². The maximum absolute atomic E-state index is 12.8. The van der Waals surface area contributed by atoms with Crippen LogP contribution in [-0.4, -0.2) is 15.3 Å². The quantitative estimate of drug-likeness (QED) is 0.264. The van der Waals surface area contributed by atoms with E-state index in [9.17, 15) is 18.0 Å². The molecule has 0 saturated heterocycles. The lowest BCUT2D eigenvalue weighted by Crippen LogP contribution is -2.05. The Kier molecular flexibility index (Phi) is 5.93. The monoisotopic (exact) mass is 438 g/mol. The van der Waals surface area contributed by atoms with E-state index >= 15 is 0 Å². The van der Waals surface area contributed by atoms with E-state index in [-0.39, 0.29) is 18.1 Å². The fourth-order valence-corrected chi connectivity index (χ4v) is 2.94. The van der Waals surface area contributed by atoms with Crippen molar-refractivity contribution >= 4 is 11.9 Å². The van der Waals surface area contributed by atoms with Gasteiger partial charge >= 0.3 is 6.18 Å². The highest BCUT2D eigenvalue weighted by atomic mass is 19.4. The van der Waals surface area contributed by atoms with Gasteiger partial charge in [0.05, 0.1) is 11.9 Å². The number of hydrogen-bond donors (Lipinski definition) is 0. The molecule has 4 rings (SSSR count). The molecule has 0 fully saturated rings. The summed E-state index contributed by atoms with van der Waals surface area (Å²) in [5.41, 5.74) is 0.624. The van der Waals surface area contributed by atoms with Crippen molar-refractivity contribution < 1.29 is 27.1 Å². The average molecular weight is 438 g/mol. The van der Waals surface area contributed by atoms with Crippen molar-refractivity contribution in [2.45, 2.75) is 12.8 Å². The highest BCUT2D eigenvalue weighted by Gasteiger charge is 2.30. The van der Waals surface area contributed by atoms with Crippen molar-refractivity contribution in [1.82, 2.24) is 9.55 Å². The van der Waals surface area contributed by atoms with Crippen molar-refractivity contribution in [1.29, 1.82) is 0 Å². The number of alkyl halides is 3. The fraction of sp³-hybridized carbons (Fsp3) is 0.0833. The molecular formula is C24H17F3N2O3. The first-order valence-electron chi connectivity index (χ1n) is 9.58. The van der Waals surface area contributed by atoms with Crippen LogP contribution in [0.5, 0.6) is 5.75 Å². The lowest BCUT2D eigenvalue weighted by molar-refractivity contribution is -0.137. The van der Waals surface area contributed by atoms with E-state index in [1.165, 1.54) is 24.3 Å². The van der Waals surface area contributed by atoms with Gasteiger partial charge in [0, 0.05) is 23.6 Å². The molecule has 2 aromatic heterocycles. The first-order chi connectivity index (χ1) is 15.4. The predicted octanol–water partition coefficient (Wildman–Crippen LogP) is 5.96. The number of halogens is 3. The lowest BCUT2D eigenvalue weighted by atomic mass is 10.1. The van der Waals surface area contributed by atoms with Crippen LogP contribution >= 0.6 is 0 Å². The molecule has 0 spiro atoms. The molecule has 0 aliphatic heterocycles. The molecule has 0 radical (unpaired) electrons. The molecule has 5 nitrogen and oxygen atoms in total. The maximum atomic E-state index is 12.8. The number of aromatic nitrogens is 2. The molecule has 2 heterocycles. The van der Waals surface area contributed by atoms with Crippen molar-refractivity contribution in [3.63, 3.8) is 0 Å². The molecule has 0 aliphatic rings. The predicted molar refractivity (Wildman–Crippen MR) is 111 cm³/mol. The van der Waals surface area contributed by atoms with Gasteiger partial charge in [0.25, 0.3) is 0 Å². The summed E-state index contributed by atoms with van der Waals surface area (Å²) in [4.78, 5) is 16.4. The summed E-state index contributed by atoms with van der Waals surface area (Å²) in [6, 6.07) is 15.0.